The summed E-state index contributed by atoms with van der Waals surface area (Å²) >= 11 is 1.44. The number of benzene rings is 1. The van der Waals surface area contributed by atoms with Crippen molar-refractivity contribution in [1.82, 2.24) is 4.90 Å². The van der Waals surface area contributed by atoms with E-state index in [9.17, 15) is 14.9 Å². The Morgan fingerprint density at radius 3 is 2.87 bits per heavy atom. The number of carbonyl (C=O) groups excluding carboxylic acids is 1. The number of rotatable bonds is 6. The van der Waals surface area contributed by atoms with Crippen molar-refractivity contribution in [1.29, 1.82) is 0 Å². The molecule has 7 nitrogen and oxygen atoms in total. The van der Waals surface area contributed by atoms with Crippen molar-refractivity contribution in [3.05, 3.63) is 33.9 Å². The summed E-state index contributed by atoms with van der Waals surface area (Å²) < 4.78 is 4.96. The molecule has 23 heavy (non-hydrogen) atoms. The van der Waals surface area contributed by atoms with Crippen LogP contribution in [0.15, 0.2) is 18.2 Å². The van der Waals surface area contributed by atoms with Crippen LogP contribution in [0.3, 0.4) is 0 Å². The Balaban J connectivity index is 0.00000264. The van der Waals surface area contributed by atoms with Crippen LogP contribution in [0.1, 0.15) is 12.0 Å². The van der Waals surface area contributed by atoms with Crippen LogP contribution in [0.25, 0.3) is 0 Å². The number of methoxy groups -OCH3 is 1. The minimum atomic E-state index is -0.468. The quantitative estimate of drug-likeness (QED) is 0.613. The molecule has 0 aromatic heterocycles. The summed E-state index contributed by atoms with van der Waals surface area (Å²) in [6.45, 7) is 1.34. The number of ether oxygens (including phenoxy) is 1. The number of nitrogens with two attached hydrogens (primary N) is 1. The van der Waals surface area contributed by atoms with Gasteiger partial charge in [-0.25, -0.2) is 0 Å². The maximum absolute atomic E-state index is 12.0. The summed E-state index contributed by atoms with van der Waals surface area (Å²) in [6, 6.07) is 4.92. The van der Waals surface area contributed by atoms with Gasteiger partial charge in [0.1, 0.15) is 0 Å². The summed E-state index contributed by atoms with van der Waals surface area (Å²) in [6.07, 6.45) is 0.848. The Labute approximate surface area is 145 Å². The number of thioether (sulfide) groups is 1. The van der Waals surface area contributed by atoms with E-state index in [-0.39, 0.29) is 35.8 Å². The van der Waals surface area contributed by atoms with Crippen LogP contribution < -0.4 is 10.5 Å². The maximum atomic E-state index is 12.0. The van der Waals surface area contributed by atoms with Gasteiger partial charge >= 0.3 is 5.69 Å². The number of nitro groups is 1. The van der Waals surface area contributed by atoms with Gasteiger partial charge in [-0.3, -0.25) is 14.9 Å². The zero-order valence-electron chi connectivity index (χ0n) is 12.8. The molecule has 1 aromatic rings. The third kappa shape index (κ3) is 5.26. The highest BCUT2D eigenvalue weighted by atomic mass is 35.5. The second kappa shape index (κ2) is 8.95. The first kappa shape index (κ1) is 19.5. The number of carbonyl (C=O) groups is 1. The van der Waals surface area contributed by atoms with Gasteiger partial charge in [-0.15, -0.1) is 24.2 Å². The molecule has 1 heterocycles. The molecule has 1 aliphatic rings. The Bertz CT molecular complexity index is 573. The van der Waals surface area contributed by atoms with E-state index in [4.69, 9.17) is 10.5 Å². The highest BCUT2D eigenvalue weighted by molar-refractivity contribution is 7.99. The molecule has 0 unspecified atom stereocenters. The molecule has 1 saturated heterocycles. The molecule has 0 radical (unpaired) electrons. The summed E-state index contributed by atoms with van der Waals surface area (Å²) in [7, 11) is 1.40. The molecule has 128 valence electrons. The third-order valence-electron chi connectivity index (χ3n) is 3.51. The van der Waals surface area contributed by atoms with Gasteiger partial charge in [-0.2, -0.15) is 0 Å². The molecule has 2 N–H and O–H groups in total. The predicted octanol–water partition coefficient (Wildman–Crippen LogP) is 1.82. The van der Waals surface area contributed by atoms with Crippen molar-refractivity contribution in [3.8, 4) is 5.75 Å². The van der Waals surface area contributed by atoms with Crippen LogP contribution in [0.5, 0.6) is 5.75 Å². The van der Waals surface area contributed by atoms with Crippen LogP contribution in [-0.2, 0) is 10.5 Å². The van der Waals surface area contributed by atoms with Gasteiger partial charge in [0.15, 0.2) is 5.75 Å². The fraction of sp³-hybridized carbons (Fsp3) is 0.500. The molecule has 0 saturated carbocycles. The molecule has 1 amide bonds. The van der Waals surface area contributed by atoms with E-state index in [2.05, 4.69) is 0 Å². The third-order valence-corrected chi connectivity index (χ3v) is 4.50. The zero-order valence-corrected chi connectivity index (χ0v) is 14.4. The zero-order chi connectivity index (χ0) is 16.1. The van der Waals surface area contributed by atoms with E-state index in [1.807, 2.05) is 0 Å². The van der Waals surface area contributed by atoms with Gasteiger partial charge in [0.25, 0.3) is 0 Å². The average molecular weight is 362 g/mol. The van der Waals surface area contributed by atoms with Gasteiger partial charge in [0, 0.05) is 31.0 Å². The Hall–Kier alpha value is -1.51. The van der Waals surface area contributed by atoms with Crippen molar-refractivity contribution >= 4 is 35.8 Å². The van der Waals surface area contributed by atoms with E-state index in [1.54, 1.807) is 17.0 Å². The molecular formula is C14H20ClN3O4S. The molecule has 1 fully saturated rings. The second-order valence-corrected chi connectivity index (χ2v) is 6.13. The summed E-state index contributed by atoms with van der Waals surface area (Å²) in [5.74, 6) is 1.20. The fourth-order valence-electron chi connectivity index (χ4n) is 2.33. The van der Waals surface area contributed by atoms with Crippen LogP contribution in [0.4, 0.5) is 5.69 Å². The van der Waals surface area contributed by atoms with Gasteiger partial charge in [0.2, 0.25) is 5.91 Å². The highest BCUT2D eigenvalue weighted by Crippen LogP contribution is 2.29. The molecule has 1 aromatic carbocycles. The number of amides is 1. The van der Waals surface area contributed by atoms with Crippen LogP contribution >= 0.6 is 24.2 Å². The number of nitrogens with zero attached hydrogens (tertiary/aromatic N) is 2. The van der Waals surface area contributed by atoms with Crippen LogP contribution in [0.2, 0.25) is 0 Å². The number of halogens is 1. The number of nitro benzene ring substituents is 1. The minimum Gasteiger partial charge on any atom is -0.490 e. The molecular weight excluding hydrogens is 342 g/mol. The number of likely N-dealkylation sites (tertiary alicyclic amines) is 1. The topological polar surface area (TPSA) is 98.7 Å². The van der Waals surface area contributed by atoms with Gasteiger partial charge in [0.05, 0.1) is 17.8 Å². The molecule has 9 heteroatoms. The lowest BCUT2D eigenvalue weighted by Gasteiger charge is -2.15. The first-order valence-electron chi connectivity index (χ1n) is 6.93. The lowest BCUT2D eigenvalue weighted by atomic mass is 10.2. The van der Waals surface area contributed by atoms with Crippen LogP contribution in [0, 0.1) is 10.1 Å². The maximum Gasteiger partial charge on any atom is 0.311 e. The largest absolute Gasteiger partial charge is 0.490 e. The lowest BCUT2D eigenvalue weighted by Crippen LogP contribution is -2.33. The average Bonchev–Trinajstić information content (AvgIpc) is 2.93. The normalized spacial score (nSPS) is 16.8. The molecule has 2 rings (SSSR count). The van der Waals surface area contributed by atoms with Crippen molar-refractivity contribution in [2.75, 3.05) is 26.0 Å². The highest BCUT2D eigenvalue weighted by Gasteiger charge is 2.23. The minimum absolute atomic E-state index is 0. The monoisotopic (exact) mass is 361 g/mol. The van der Waals surface area contributed by atoms with Gasteiger partial charge in [-0.05, 0) is 18.1 Å². The molecule has 1 atom stereocenters. The molecule has 0 spiro atoms. The summed E-state index contributed by atoms with van der Waals surface area (Å²) in [4.78, 5) is 24.2. The van der Waals surface area contributed by atoms with Crippen LogP contribution in [-0.4, -0.2) is 47.7 Å². The Morgan fingerprint density at radius 2 is 2.30 bits per heavy atom. The van der Waals surface area contributed by atoms with Gasteiger partial charge < -0.3 is 15.4 Å². The van der Waals surface area contributed by atoms with Gasteiger partial charge in [-0.1, -0.05) is 6.07 Å². The number of hydrogen-bond acceptors (Lipinski definition) is 6. The molecule has 0 aliphatic carbocycles. The lowest BCUT2D eigenvalue weighted by molar-refractivity contribution is -0.385. The smallest absolute Gasteiger partial charge is 0.311 e. The van der Waals surface area contributed by atoms with Crippen molar-refractivity contribution in [3.63, 3.8) is 0 Å². The number of hydrogen-bond donors (Lipinski definition) is 1. The van der Waals surface area contributed by atoms with E-state index in [0.717, 1.165) is 12.0 Å². The van der Waals surface area contributed by atoms with E-state index >= 15 is 0 Å². The SMILES string of the molecule is COc1ccc(CSCC(=O)N2CC[C@@H](N)C2)cc1[N+](=O)[O-].Cl. The van der Waals surface area contributed by atoms with E-state index in [0.29, 0.717) is 24.6 Å². The Morgan fingerprint density at radius 1 is 1.57 bits per heavy atom. The standard InChI is InChI=1S/C14H19N3O4S.ClH/c1-21-13-3-2-10(6-12(13)17(19)20)8-22-9-14(18)16-5-4-11(15)7-16;/h2-3,6,11H,4-5,7-9,15H2,1H3;1H/t11-;/m1./s1. The van der Waals surface area contributed by atoms with E-state index in [1.165, 1.54) is 24.9 Å². The Kier molecular flexibility index (Phi) is 7.60. The predicted molar refractivity (Wildman–Crippen MR) is 92.2 cm³/mol. The van der Waals surface area contributed by atoms with E-state index < -0.39 is 4.92 Å². The summed E-state index contributed by atoms with van der Waals surface area (Å²) in [5.41, 5.74) is 6.52. The summed E-state index contributed by atoms with van der Waals surface area (Å²) in [5, 5.41) is 11.0. The molecule has 0 bridgehead atoms. The van der Waals surface area contributed by atoms with Crippen molar-refractivity contribution in [2.24, 2.45) is 5.73 Å². The second-order valence-electron chi connectivity index (χ2n) is 5.14. The molecule has 1 aliphatic heterocycles. The first-order chi connectivity index (χ1) is 10.5. The van der Waals surface area contributed by atoms with Crippen molar-refractivity contribution < 1.29 is 14.5 Å². The fourth-order valence-corrected chi connectivity index (χ4v) is 3.20. The first-order valence-corrected chi connectivity index (χ1v) is 8.09. The van der Waals surface area contributed by atoms with Crippen molar-refractivity contribution in [2.45, 2.75) is 18.2 Å².